The van der Waals surface area contributed by atoms with Crippen molar-refractivity contribution in [1.82, 2.24) is 15.2 Å². The molecule has 1 saturated heterocycles. The number of aromatic nitrogens is 1. The first-order valence-corrected chi connectivity index (χ1v) is 9.42. The summed E-state index contributed by atoms with van der Waals surface area (Å²) in [5.74, 6) is 0.705. The summed E-state index contributed by atoms with van der Waals surface area (Å²) in [4.78, 5) is 18.1. The highest BCUT2D eigenvalue weighted by atomic mass is 16.2. The monoisotopic (exact) mass is 347 g/mol. The molecule has 0 radical (unpaired) electrons. The predicted octanol–water partition coefficient (Wildman–Crippen LogP) is 3.91. The van der Waals surface area contributed by atoms with Crippen molar-refractivity contribution in [3.8, 4) is 11.1 Å². The number of nitrogens with zero attached hydrogens (tertiary/aromatic N) is 1. The number of nitrogens with one attached hydrogen (secondary N) is 2. The molecule has 3 aromatic rings. The van der Waals surface area contributed by atoms with Crippen LogP contribution in [0.4, 0.5) is 0 Å². The molecule has 134 valence electrons. The van der Waals surface area contributed by atoms with E-state index in [0.717, 1.165) is 54.8 Å². The fraction of sp³-hybridized carbons (Fsp3) is 0.318. The van der Waals surface area contributed by atoms with Gasteiger partial charge in [0.1, 0.15) is 0 Å². The van der Waals surface area contributed by atoms with Gasteiger partial charge in [0.15, 0.2) is 0 Å². The van der Waals surface area contributed by atoms with Gasteiger partial charge in [-0.3, -0.25) is 4.79 Å². The van der Waals surface area contributed by atoms with E-state index >= 15 is 0 Å². The number of hydrogen-bond donors (Lipinski definition) is 2. The van der Waals surface area contributed by atoms with E-state index < -0.39 is 0 Å². The lowest BCUT2D eigenvalue weighted by Gasteiger charge is -2.24. The largest absolute Gasteiger partial charge is 0.361 e. The van der Waals surface area contributed by atoms with E-state index in [-0.39, 0.29) is 5.91 Å². The Kier molecular flexibility index (Phi) is 4.76. The minimum Gasteiger partial charge on any atom is -0.361 e. The first kappa shape index (κ1) is 16.9. The Balaban J connectivity index is 1.51. The molecule has 26 heavy (non-hydrogen) atoms. The lowest BCUT2D eigenvalue weighted by Crippen LogP contribution is -2.35. The highest BCUT2D eigenvalue weighted by Crippen LogP contribution is 2.24. The third-order valence-corrected chi connectivity index (χ3v) is 5.33. The number of amides is 1. The third-order valence-electron chi connectivity index (χ3n) is 5.33. The number of aromatic amines is 1. The minimum atomic E-state index is 0.130. The summed E-state index contributed by atoms with van der Waals surface area (Å²) < 4.78 is 0. The van der Waals surface area contributed by atoms with E-state index in [1.165, 1.54) is 5.39 Å². The van der Waals surface area contributed by atoms with Crippen LogP contribution < -0.4 is 5.32 Å². The molecule has 1 aliphatic heterocycles. The first-order chi connectivity index (χ1) is 12.7. The molecular weight excluding hydrogens is 322 g/mol. The first-order valence-electron chi connectivity index (χ1n) is 9.42. The van der Waals surface area contributed by atoms with Gasteiger partial charge in [-0.2, -0.15) is 0 Å². The van der Waals surface area contributed by atoms with Crippen LogP contribution >= 0.6 is 0 Å². The zero-order valence-electron chi connectivity index (χ0n) is 15.2. The molecule has 2 heterocycles. The van der Waals surface area contributed by atoms with Crippen LogP contribution in [-0.4, -0.2) is 42.0 Å². The Bertz CT molecular complexity index is 891. The van der Waals surface area contributed by atoms with Crippen molar-refractivity contribution in [2.75, 3.05) is 26.2 Å². The van der Waals surface area contributed by atoms with Crippen LogP contribution in [0.25, 0.3) is 22.0 Å². The van der Waals surface area contributed by atoms with Crippen LogP contribution in [-0.2, 0) is 0 Å². The molecule has 0 bridgehead atoms. The van der Waals surface area contributed by atoms with Gasteiger partial charge in [-0.1, -0.05) is 24.3 Å². The van der Waals surface area contributed by atoms with Gasteiger partial charge in [0.25, 0.3) is 5.91 Å². The van der Waals surface area contributed by atoms with E-state index in [2.05, 4.69) is 41.5 Å². The maximum Gasteiger partial charge on any atom is 0.253 e. The van der Waals surface area contributed by atoms with Gasteiger partial charge in [0.2, 0.25) is 0 Å². The van der Waals surface area contributed by atoms with Crippen LogP contribution in [0, 0.1) is 5.92 Å². The number of H-pyrrole nitrogens is 1. The quantitative estimate of drug-likeness (QED) is 0.735. The second kappa shape index (κ2) is 7.34. The maximum absolute atomic E-state index is 12.9. The predicted molar refractivity (Wildman–Crippen MR) is 106 cm³/mol. The molecule has 4 rings (SSSR count). The van der Waals surface area contributed by atoms with E-state index in [1.54, 1.807) is 0 Å². The van der Waals surface area contributed by atoms with Crippen molar-refractivity contribution in [2.45, 2.75) is 13.3 Å². The standard InChI is InChI=1S/C22H25N3O/c1-2-25(15-16-9-11-23-14-16)22(26)19-6-3-17(4-7-19)20-8-5-18-10-12-24-21(18)13-20/h3-8,10,12-13,16,23-24H,2,9,11,14-15H2,1H3/t16-/m1/s1. The highest BCUT2D eigenvalue weighted by Gasteiger charge is 2.21. The number of hydrogen-bond acceptors (Lipinski definition) is 2. The Morgan fingerprint density at radius 2 is 1.92 bits per heavy atom. The minimum absolute atomic E-state index is 0.130. The molecule has 1 fully saturated rings. The Labute approximate surface area is 154 Å². The van der Waals surface area contributed by atoms with Crippen molar-refractivity contribution < 1.29 is 4.79 Å². The molecule has 4 heteroatoms. The zero-order chi connectivity index (χ0) is 17.9. The average Bonchev–Trinajstić information content (AvgIpc) is 3.36. The van der Waals surface area contributed by atoms with Crippen LogP contribution in [0.1, 0.15) is 23.7 Å². The summed E-state index contributed by atoms with van der Waals surface area (Å²) in [7, 11) is 0. The van der Waals surface area contributed by atoms with E-state index in [9.17, 15) is 4.79 Å². The SMILES string of the molecule is CCN(C[C@@H]1CCNC1)C(=O)c1ccc(-c2ccc3cc[nH]c3c2)cc1. The normalized spacial score (nSPS) is 16.9. The van der Waals surface area contributed by atoms with Crippen molar-refractivity contribution in [3.63, 3.8) is 0 Å². The van der Waals surface area contributed by atoms with E-state index in [0.29, 0.717) is 5.92 Å². The lowest BCUT2D eigenvalue weighted by atomic mass is 10.0. The van der Waals surface area contributed by atoms with E-state index in [1.807, 2.05) is 35.4 Å². The summed E-state index contributed by atoms with van der Waals surface area (Å²) in [5.41, 5.74) is 4.18. The van der Waals surface area contributed by atoms with Gasteiger partial charge in [-0.15, -0.1) is 0 Å². The second-order valence-electron chi connectivity index (χ2n) is 7.06. The molecule has 0 saturated carbocycles. The van der Waals surface area contributed by atoms with E-state index in [4.69, 9.17) is 0 Å². The second-order valence-corrected chi connectivity index (χ2v) is 7.06. The summed E-state index contributed by atoms with van der Waals surface area (Å²) >= 11 is 0. The number of benzene rings is 2. The van der Waals surface area contributed by atoms with Crippen molar-refractivity contribution in [3.05, 3.63) is 60.3 Å². The number of carbonyl (C=O) groups is 1. The topological polar surface area (TPSA) is 48.1 Å². The molecule has 2 aromatic carbocycles. The van der Waals surface area contributed by atoms with Crippen LogP contribution in [0.3, 0.4) is 0 Å². The smallest absolute Gasteiger partial charge is 0.253 e. The molecule has 0 spiro atoms. The average molecular weight is 347 g/mol. The molecule has 4 nitrogen and oxygen atoms in total. The van der Waals surface area contributed by atoms with Crippen LogP contribution in [0.2, 0.25) is 0 Å². The molecule has 1 amide bonds. The molecule has 0 unspecified atom stereocenters. The van der Waals surface area contributed by atoms with Gasteiger partial charge in [-0.05, 0) is 73.1 Å². The Morgan fingerprint density at radius 3 is 2.65 bits per heavy atom. The van der Waals surface area contributed by atoms with Gasteiger partial charge in [0, 0.05) is 30.4 Å². The number of carbonyl (C=O) groups excluding carboxylic acids is 1. The summed E-state index contributed by atoms with van der Waals surface area (Å²) in [6.07, 6.45) is 3.11. The fourth-order valence-electron chi connectivity index (χ4n) is 3.75. The third kappa shape index (κ3) is 3.37. The highest BCUT2D eigenvalue weighted by molar-refractivity contribution is 5.95. The maximum atomic E-state index is 12.9. The van der Waals surface area contributed by atoms with Gasteiger partial charge >= 0.3 is 0 Å². The van der Waals surface area contributed by atoms with Gasteiger partial charge in [-0.25, -0.2) is 0 Å². The zero-order valence-corrected chi connectivity index (χ0v) is 15.2. The number of fused-ring (bicyclic) bond motifs is 1. The van der Waals surface area contributed by atoms with Crippen molar-refractivity contribution in [1.29, 1.82) is 0 Å². The summed E-state index contributed by atoms with van der Waals surface area (Å²) in [5, 5.41) is 4.59. The molecule has 1 atom stereocenters. The van der Waals surface area contributed by atoms with Gasteiger partial charge < -0.3 is 15.2 Å². The molecular formula is C22H25N3O. The lowest BCUT2D eigenvalue weighted by molar-refractivity contribution is 0.0742. The van der Waals surface area contributed by atoms with Crippen molar-refractivity contribution in [2.24, 2.45) is 5.92 Å². The summed E-state index contributed by atoms with van der Waals surface area (Å²) in [6.45, 7) is 5.73. The molecule has 1 aromatic heterocycles. The van der Waals surface area contributed by atoms with Gasteiger partial charge in [0.05, 0.1) is 0 Å². The molecule has 0 aliphatic carbocycles. The Hall–Kier alpha value is -2.59. The van der Waals surface area contributed by atoms with Crippen LogP contribution in [0.15, 0.2) is 54.7 Å². The number of rotatable bonds is 5. The molecule has 2 N–H and O–H groups in total. The van der Waals surface area contributed by atoms with Crippen LogP contribution in [0.5, 0.6) is 0 Å². The van der Waals surface area contributed by atoms with Crippen molar-refractivity contribution >= 4 is 16.8 Å². The summed E-state index contributed by atoms with van der Waals surface area (Å²) in [6, 6.07) is 16.5. The fourth-order valence-corrected chi connectivity index (χ4v) is 3.75. The molecule has 1 aliphatic rings. The Morgan fingerprint density at radius 1 is 1.12 bits per heavy atom.